The van der Waals surface area contributed by atoms with Crippen molar-refractivity contribution in [3.8, 4) is 11.1 Å². The van der Waals surface area contributed by atoms with Gasteiger partial charge in [-0.3, -0.25) is 9.36 Å². The summed E-state index contributed by atoms with van der Waals surface area (Å²) in [6.07, 6.45) is 1.75. The Hall–Kier alpha value is -3.09. The number of hydrogen-bond acceptors (Lipinski definition) is 3. The van der Waals surface area contributed by atoms with Crippen LogP contribution in [0, 0.1) is 0 Å². The van der Waals surface area contributed by atoms with Crippen LogP contribution >= 0.6 is 0 Å². The number of H-pyrrole nitrogens is 2. The Kier molecular flexibility index (Phi) is 2.56. The van der Waals surface area contributed by atoms with Crippen LogP contribution in [0.1, 0.15) is 6.92 Å². The number of hydrogen-bond donors (Lipinski definition) is 2. The van der Waals surface area contributed by atoms with Crippen molar-refractivity contribution >= 4 is 16.8 Å². The van der Waals surface area contributed by atoms with Crippen molar-refractivity contribution in [3.05, 3.63) is 57.4 Å². The number of aromatic amines is 2. The number of benzene rings is 1. The second-order valence-electron chi connectivity index (χ2n) is 5.01. The van der Waals surface area contributed by atoms with Gasteiger partial charge in [0, 0.05) is 18.3 Å². The average Bonchev–Trinajstić information content (AvgIpc) is 3.13. The van der Waals surface area contributed by atoms with Crippen LogP contribution in [0.25, 0.3) is 27.9 Å². The van der Waals surface area contributed by atoms with Gasteiger partial charge in [-0.2, -0.15) is 0 Å². The van der Waals surface area contributed by atoms with Crippen molar-refractivity contribution in [2.24, 2.45) is 0 Å². The smallest absolute Gasteiger partial charge is 0.349 e. The van der Waals surface area contributed by atoms with Crippen molar-refractivity contribution in [2.45, 2.75) is 13.5 Å². The van der Waals surface area contributed by atoms with E-state index in [1.807, 2.05) is 37.3 Å². The molecule has 0 saturated heterocycles. The first-order chi connectivity index (χ1) is 10.7. The summed E-state index contributed by atoms with van der Waals surface area (Å²) in [4.78, 5) is 27.8. The van der Waals surface area contributed by atoms with E-state index in [2.05, 4.69) is 15.2 Å². The van der Waals surface area contributed by atoms with Gasteiger partial charge in [-0.05, 0) is 12.5 Å². The molecule has 7 heteroatoms. The van der Waals surface area contributed by atoms with E-state index in [1.165, 1.54) is 8.97 Å². The van der Waals surface area contributed by atoms with Crippen LogP contribution in [0.3, 0.4) is 0 Å². The minimum Gasteiger partial charge on any atom is -0.355 e. The molecule has 0 fully saturated rings. The molecule has 4 rings (SSSR count). The lowest BCUT2D eigenvalue weighted by atomic mass is 10.1. The monoisotopic (exact) mass is 295 g/mol. The molecule has 0 spiro atoms. The van der Waals surface area contributed by atoms with E-state index < -0.39 is 0 Å². The molecule has 110 valence electrons. The molecule has 3 heterocycles. The summed E-state index contributed by atoms with van der Waals surface area (Å²) < 4.78 is 2.91. The van der Waals surface area contributed by atoms with Gasteiger partial charge in [0.1, 0.15) is 5.52 Å². The quantitative estimate of drug-likeness (QED) is 0.585. The van der Waals surface area contributed by atoms with Gasteiger partial charge in [0.05, 0.1) is 5.52 Å². The molecule has 3 aromatic heterocycles. The Morgan fingerprint density at radius 2 is 1.95 bits per heavy atom. The van der Waals surface area contributed by atoms with E-state index in [0.29, 0.717) is 23.4 Å². The predicted octanol–water partition coefficient (Wildman–Crippen LogP) is 1.35. The number of nitrogens with zero attached hydrogens (tertiary/aromatic N) is 3. The molecule has 2 N–H and O–H groups in total. The van der Waals surface area contributed by atoms with Crippen molar-refractivity contribution in [1.29, 1.82) is 0 Å². The molecule has 0 unspecified atom stereocenters. The summed E-state index contributed by atoms with van der Waals surface area (Å²) in [6, 6.07) is 9.62. The zero-order valence-corrected chi connectivity index (χ0v) is 11.8. The molecule has 0 aliphatic carbocycles. The summed E-state index contributed by atoms with van der Waals surface area (Å²) in [5.41, 5.74) is 2.12. The molecule has 4 aromatic rings. The van der Waals surface area contributed by atoms with Crippen LogP contribution in [-0.4, -0.2) is 24.1 Å². The summed E-state index contributed by atoms with van der Waals surface area (Å²) in [5, 5.41) is 6.41. The lowest BCUT2D eigenvalue weighted by molar-refractivity contribution is 0.734. The van der Waals surface area contributed by atoms with Gasteiger partial charge in [0.2, 0.25) is 5.78 Å². The first-order valence-corrected chi connectivity index (χ1v) is 6.98. The first-order valence-electron chi connectivity index (χ1n) is 6.98. The molecule has 0 saturated carbocycles. The lowest BCUT2D eigenvalue weighted by Gasteiger charge is -2.06. The average molecular weight is 295 g/mol. The van der Waals surface area contributed by atoms with Crippen molar-refractivity contribution in [2.75, 3.05) is 0 Å². The van der Waals surface area contributed by atoms with Crippen LogP contribution in [0.2, 0.25) is 0 Å². The Balaban J connectivity index is 2.27. The van der Waals surface area contributed by atoms with Gasteiger partial charge in [-0.15, -0.1) is 5.10 Å². The van der Waals surface area contributed by atoms with Gasteiger partial charge in [-0.25, -0.2) is 14.3 Å². The lowest BCUT2D eigenvalue weighted by Crippen LogP contribution is -2.24. The molecule has 0 radical (unpaired) electrons. The third-order valence-electron chi connectivity index (χ3n) is 3.83. The molecule has 1 aromatic carbocycles. The predicted molar refractivity (Wildman–Crippen MR) is 83.0 cm³/mol. The number of nitrogens with one attached hydrogen (secondary N) is 2. The maximum atomic E-state index is 12.6. The fourth-order valence-electron chi connectivity index (χ4n) is 2.83. The summed E-state index contributed by atoms with van der Waals surface area (Å²) >= 11 is 0. The maximum absolute atomic E-state index is 12.6. The number of rotatable bonds is 2. The SMILES string of the molecule is CCn1c(=O)c2[nH]cc(-c3ccccc3)c2n2c(=O)[nH]nc12. The fraction of sp³-hybridized carbons (Fsp3) is 0.133. The van der Waals surface area contributed by atoms with Crippen LogP contribution in [0.4, 0.5) is 0 Å². The van der Waals surface area contributed by atoms with Crippen LogP contribution in [0.15, 0.2) is 46.1 Å². The van der Waals surface area contributed by atoms with Crippen LogP contribution < -0.4 is 11.2 Å². The van der Waals surface area contributed by atoms with E-state index in [1.54, 1.807) is 6.20 Å². The van der Waals surface area contributed by atoms with E-state index in [-0.39, 0.29) is 11.2 Å². The third-order valence-corrected chi connectivity index (χ3v) is 3.83. The number of aryl methyl sites for hydroxylation is 1. The molecule has 0 bridgehead atoms. The molecule has 7 nitrogen and oxygen atoms in total. The minimum atomic E-state index is -0.362. The molecule has 0 amide bonds. The van der Waals surface area contributed by atoms with E-state index >= 15 is 0 Å². The van der Waals surface area contributed by atoms with Crippen molar-refractivity contribution < 1.29 is 0 Å². The van der Waals surface area contributed by atoms with Crippen molar-refractivity contribution in [1.82, 2.24) is 24.1 Å². The normalized spacial score (nSPS) is 11.5. The van der Waals surface area contributed by atoms with Gasteiger partial charge in [0.25, 0.3) is 5.56 Å². The molecular formula is C15H13N5O2. The second-order valence-corrected chi connectivity index (χ2v) is 5.01. The standard InChI is InChI=1S/C15H13N5O2/c1-2-19-13(21)11-12(20-14(19)17-18-15(20)22)10(8-16-11)9-6-4-3-5-7-9/h3-8,16H,2H2,1H3,(H,18,22). The zero-order chi connectivity index (χ0) is 15.3. The molecule has 0 aliphatic heterocycles. The molecule has 22 heavy (non-hydrogen) atoms. The Morgan fingerprint density at radius 1 is 1.18 bits per heavy atom. The molecular weight excluding hydrogens is 282 g/mol. The number of fused-ring (bicyclic) bond motifs is 3. The maximum Gasteiger partial charge on any atom is 0.349 e. The first kappa shape index (κ1) is 12.6. The van der Waals surface area contributed by atoms with E-state index in [0.717, 1.165) is 11.1 Å². The van der Waals surface area contributed by atoms with Crippen LogP contribution in [-0.2, 0) is 6.54 Å². The summed E-state index contributed by atoms with van der Waals surface area (Å²) in [7, 11) is 0. The zero-order valence-electron chi connectivity index (χ0n) is 11.8. The summed E-state index contributed by atoms with van der Waals surface area (Å²) in [5.74, 6) is 0.321. The third kappa shape index (κ3) is 1.53. The van der Waals surface area contributed by atoms with Gasteiger partial charge in [0.15, 0.2) is 0 Å². The largest absolute Gasteiger partial charge is 0.355 e. The highest BCUT2D eigenvalue weighted by Crippen LogP contribution is 2.26. The Morgan fingerprint density at radius 3 is 2.68 bits per heavy atom. The minimum absolute atomic E-state index is 0.189. The Bertz CT molecular complexity index is 1100. The van der Waals surface area contributed by atoms with Gasteiger partial charge < -0.3 is 4.98 Å². The van der Waals surface area contributed by atoms with Crippen molar-refractivity contribution in [3.63, 3.8) is 0 Å². The highest BCUT2D eigenvalue weighted by Gasteiger charge is 2.18. The summed E-state index contributed by atoms with van der Waals surface area (Å²) in [6.45, 7) is 2.27. The number of aromatic nitrogens is 5. The molecule has 0 atom stereocenters. The highest BCUT2D eigenvalue weighted by atomic mass is 16.2. The molecule has 0 aliphatic rings. The fourth-order valence-corrected chi connectivity index (χ4v) is 2.83. The van der Waals surface area contributed by atoms with E-state index in [4.69, 9.17) is 0 Å². The van der Waals surface area contributed by atoms with Crippen LogP contribution in [0.5, 0.6) is 0 Å². The van der Waals surface area contributed by atoms with Gasteiger partial charge >= 0.3 is 5.69 Å². The second kappa shape index (κ2) is 4.45. The highest BCUT2D eigenvalue weighted by molar-refractivity contribution is 5.93. The Labute approximate surface area is 123 Å². The van der Waals surface area contributed by atoms with E-state index in [9.17, 15) is 9.59 Å². The van der Waals surface area contributed by atoms with Gasteiger partial charge in [-0.1, -0.05) is 30.3 Å². The topological polar surface area (TPSA) is 88.0 Å².